The molecule has 26 heavy (non-hydrogen) atoms. The molecule has 0 bridgehead atoms. The van der Waals surface area contributed by atoms with E-state index in [0.717, 1.165) is 29.7 Å². The van der Waals surface area contributed by atoms with Crippen molar-refractivity contribution < 1.29 is 19.4 Å². The molecule has 2 aliphatic rings. The lowest BCUT2D eigenvalue weighted by Crippen LogP contribution is -2.34. The lowest BCUT2D eigenvalue weighted by Gasteiger charge is -2.27. The molecule has 5 nitrogen and oxygen atoms in total. The third-order valence-corrected chi connectivity index (χ3v) is 5.52. The molecule has 134 valence electrons. The highest BCUT2D eigenvalue weighted by Crippen LogP contribution is 2.60. The minimum Gasteiger partial charge on any atom is -0.493 e. The second kappa shape index (κ2) is 6.48. The van der Waals surface area contributed by atoms with E-state index in [4.69, 9.17) is 4.74 Å². The highest BCUT2D eigenvalue weighted by atomic mass is 16.5. The molecule has 1 heterocycles. The van der Waals surface area contributed by atoms with Crippen LogP contribution in [0.3, 0.4) is 0 Å². The van der Waals surface area contributed by atoms with Gasteiger partial charge < -0.3 is 15.2 Å². The summed E-state index contributed by atoms with van der Waals surface area (Å²) in [5, 5.41) is 12.2. The van der Waals surface area contributed by atoms with Gasteiger partial charge in [0.15, 0.2) is 0 Å². The van der Waals surface area contributed by atoms with Gasteiger partial charge in [-0.05, 0) is 24.5 Å². The van der Waals surface area contributed by atoms with Crippen LogP contribution in [0.25, 0.3) is 0 Å². The van der Waals surface area contributed by atoms with Crippen LogP contribution >= 0.6 is 0 Å². The minimum absolute atomic E-state index is 0.0724. The minimum atomic E-state index is -0.930. The van der Waals surface area contributed by atoms with E-state index in [2.05, 4.69) is 5.32 Å². The maximum Gasteiger partial charge on any atom is 0.305 e. The van der Waals surface area contributed by atoms with Gasteiger partial charge in [-0.15, -0.1) is 0 Å². The highest BCUT2D eigenvalue weighted by Gasteiger charge is 2.61. The van der Waals surface area contributed by atoms with Crippen LogP contribution in [0, 0.1) is 5.92 Å². The topological polar surface area (TPSA) is 75.6 Å². The number of nitrogens with one attached hydrogen (secondary N) is 1. The van der Waals surface area contributed by atoms with Gasteiger partial charge in [0, 0.05) is 16.9 Å². The van der Waals surface area contributed by atoms with Gasteiger partial charge in [-0.3, -0.25) is 9.59 Å². The zero-order valence-corrected chi connectivity index (χ0v) is 14.4. The summed E-state index contributed by atoms with van der Waals surface area (Å²) in [4.78, 5) is 24.1. The molecule has 1 amide bonds. The third-order valence-electron chi connectivity index (χ3n) is 5.52. The van der Waals surface area contributed by atoms with E-state index in [1.54, 1.807) is 0 Å². The molecule has 3 atom stereocenters. The zero-order valence-electron chi connectivity index (χ0n) is 14.4. The molecule has 2 aromatic rings. The van der Waals surface area contributed by atoms with E-state index in [9.17, 15) is 14.7 Å². The van der Waals surface area contributed by atoms with Crippen molar-refractivity contribution in [2.75, 3.05) is 6.61 Å². The predicted molar refractivity (Wildman–Crippen MR) is 95.9 cm³/mol. The Hall–Kier alpha value is -2.82. The summed E-state index contributed by atoms with van der Waals surface area (Å²) in [6, 6.07) is 16.6. The first kappa shape index (κ1) is 16.6. The van der Waals surface area contributed by atoms with Crippen molar-refractivity contribution in [3.8, 4) is 5.75 Å². The molecule has 2 N–H and O–H groups in total. The van der Waals surface area contributed by atoms with E-state index in [-0.39, 0.29) is 23.7 Å². The molecule has 0 radical (unpaired) electrons. The van der Waals surface area contributed by atoms with Crippen molar-refractivity contribution in [2.24, 2.45) is 5.92 Å². The lowest BCUT2D eigenvalue weighted by molar-refractivity contribution is -0.137. The first-order valence-corrected chi connectivity index (χ1v) is 8.89. The van der Waals surface area contributed by atoms with Crippen molar-refractivity contribution >= 4 is 11.9 Å². The number of hydrogen-bond donors (Lipinski definition) is 2. The second-order valence-corrected chi connectivity index (χ2v) is 7.08. The van der Waals surface area contributed by atoms with Gasteiger partial charge in [0.05, 0.1) is 19.1 Å². The number of rotatable bonds is 5. The standard InChI is InChI=1S/C21H21NO4/c23-19(24)12-17(14-6-2-1-3-7-14)22-20(25)16-13-21(16)10-11-26-18-9-5-4-8-15(18)21/h1-9,16-17H,10-13H2,(H,22,25)(H,23,24)/t16-,17?,21-/m0/s1. The SMILES string of the molecule is O=C(O)CC(NC(=O)[C@@H]1C[C@]12CCOc1ccccc12)c1ccccc1. The number of amides is 1. The molecule has 1 aliphatic heterocycles. The monoisotopic (exact) mass is 351 g/mol. The second-order valence-electron chi connectivity index (χ2n) is 7.08. The fraction of sp³-hybridized carbons (Fsp3) is 0.333. The molecular weight excluding hydrogens is 330 g/mol. The Morgan fingerprint density at radius 2 is 1.88 bits per heavy atom. The molecule has 2 aromatic carbocycles. The Kier molecular flexibility index (Phi) is 4.15. The number of benzene rings is 2. The average Bonchev–Trinajstić information content (AvgIpc) is 3.37. The first-order chi connectivity index (χ1) is 12.6. The van der Waals surface area contributed by atoms with E-state index in [1.165, 1.54) is 0 Å². The van der Waals surface area contributed by atoms with Crippen LogP contribution in [0.15, 0.2) is 54.6 Å². The number of aliphatic carboxylic acids is 1. The predicted octanol–water partition coefficient (Wildman–Crippen LogP) is 3.06. The molecule has 0 saturated heterocycles. The van der Waals surface area contributed by atoms with Crippen LogP contribution in [0.4, 0.5) is 0 Å². The number of para-hydroxylation sites is 1. The Morgan fingerprint density at radius 1 is 1.15 bits per heavy atom. The number of hydrogen-bond acceptors (Lipinski definition) is 3. The fourth-order valence-corrected chi connectivity index (χ4v) is 4.09. The van der Waals surface area contributed by atoms with Crippen LogP contribution < -0.4 is 10.1 Å². The third kappa shape index (κ3) is 2.94. The van der Waals surface area contributed by atoms with E-state index in [0.29, 0.717) is 6.61 Å². The molecule has 1 unspecified atom stereocenters. The summed E-state index contributed by atoms with van der Waals surface area (Å²) in [5.41, 5.74) is 1.75. The van der Waals surface area contributed by atoms with E-state index in [1.807, 2.05) is 54.6 Å². The molecule has 1 aliphatic carbocycles. The zero-order chi connectivity index (χ0) is 18.1. The van der Waals surface area contributed by atoms with Crippen LogP contribution in [0.2, 0.25) is 0 Å². The Bertz CT molecular complexity index is 835. The Morgan fingerprint density at radius 3 is 2.65 bits per heavy atom. The number of fused-ring (bicyclic) bond motifs is 2. The number of carboxylic acids is 1. The Labute approximate surface area is 152 Å². The highest BCUT2D eigenvalue weighted by molar-refractivity contribution is 5.85. The summed E-state index contributed by atoms with van der Waals surface area (Å²) in [6.07, 6.45) is 1.47. The fourth-order valence-electron chi connectivity index (χ4n) is 4.09. The Balaban J connectivity index is 1.53. The number of carbonyl (C=O) groups is 2. The largest absolute Gasteiger partial charge is 0.493 e. The molecule has 1 fully saturated rings. The van der Waals surface area contributed by atoms with Gasteiger partial charge in [-0.25, -0.2) is 0 Å². The van der Waals surface area contributed by atoms with Crippen LogP contribution in [-0.2, 0) is 15.0 Å². The van der Waals surface area contributed by atoms with E-state index < -0.39 is 12.0 Å². The maximum atomic E-state index is 12.9. The van der Waals surface area contributed by atoms with Gasteiger partial charge >= 0.3 is 5.97 Å². The molecular formula is C21H21NO4. The van der Waals surface area contributed by atoms with Gasteiger partial charge in [0.2, 0.25) is 5.91 Å². The summed E-state index contributed by atoms with van der Waals surface area (Å²) < 4.78 is 5.72. The van der Waals surface area contributed by atoms with Gasteiger partial charge in [-0.1, -0.05) is 48.5 Å². The van der Waals surface area contributed by atoms with Gasteiger partial charge in [0.25, 0.3) is 0 Å². The molecule has 0 aromatic heterocycles. The summed E-state index contributed by atoms with van der Waals surface area (Å²) >= 11 is 0. The van der Waals surface area contributed by atoms with Crippen molar-refractivity contribution in [3.63, 3.8) is 0 Å². The molecule has 1 saturated carbocycles. The molecule has 4 rings (SSSR count). The van der Waals surface area contributed by atoms with Crippen molar-refractivity contribution in [3.05, 3.63) is 65.7 Å². The van der Waals surface area contributed by atoms with Crippen LogP contribution in [0.1, 0.15) is 36.4 Å². The van der Waals surface area contributed by atoms with Crippen molar-refractivity contribution in [1.82, 2.24) is 5.32 Å². The van der Waals surface area contributed by atoms with Crippen molar-refractivity contribution in [2.45, 2.75) is 30.7 Å². The van der Waals surface area contributed by atoms with Crippen LogP contribution in [0.5, 0.6) is 5.75 Å². The molecule has 1 spiro atoms. The molecule has 5 heteroatoms. The number of ether oxygens (including phenoxy) is 1. The summed E-state index contributed by atoms with van der Waals surface area (Å²) in [6.45, 7) is 0.609. The first-order valence-electron chi connectivity index (χ1n) is 8.89. The van der Waals surface area contributed by atoms with Crippen molar-refractivity contribution in [1.29, 1.82) is 0 Å². The summed E-state index contributed by atoms with van der Waals surface area (Å²) in [7, 11) is 0. The number of carbonyl (C=O) groups excluding carboxylic acids is 1. The lowest BCUT2D eigenvalue weighted by atomic mass is 9.87. The average molecular weight is 351 g/mol. The smallest absolute Gasteiger partial charge is 0.305 e. The van der Waals surface area contributed by atoms with E-state index >= 15 is 0 Å². The maximum absolute atomic E-state index is 12.9. The van der Waals surface area contributed by atoms with Crippen LogP contribution in [-0.4, -0.2) is 23.6 Å². The number of carboxylic acid groups (broad SMARTS) is 1. The quantitative estimate of drug-likeness (QED) is 0.868. The summed E-state index contributed by atoms with van der Waals surface area (Å²) in [5.74, 6) is -0.273. The van der Waals surface area contributed by atoms with Gasteiger partial charge in [-0.2, -0.15) is 0 Å². The normalized spacial score (nSPS) is 24.2. The van der Waals surface area contributed by atoms with Gasteiger partial charge in [0.1, 0.15) is 5.75 Å².